The van der Waals surface area contributed by atoms with Crippen LogP contribution < -0.4 is 34.9 Å². The molecule has 1 heterocycles. The number of hydrogen-bond donors (Lipinski definition) is 2. The summed E-state index contributed by atoms with van der Waals surface area (Å²) in [5.74, 6) is 0.204. The van der Waals surface area contributed by atoms with E-state index in [9.17, 15) is 13.2 Å². The third-order valence-electron chi connectivity index (χ3n) is 1.11. The number of nitrogens with one attached hydrogen (secondary N) is 1. The van der Waals surface area contributed by atoms with Gasteiger partial charge in [-0.1, -0.05) is 6.58 Å². The van der Waals surface area contributed by atoms with Crippen molar-refractivity contribution in [2.75, 3.05) is 6.54 Å². The molecule has 5 nitrogen and oxygen atoms in total. The Kier molecular flexibility index (Phi) is 16.1. The van der Waals surface area contributed by atoms with E-state index in [0.717, 1.165) is 19.4 Å². The molecular weight excluding hydrogens is 229 g/mol. The summed E-state index contributed by atoms with van der Waals surface area (Å²) in [7, 11) is -3.90. The van der Waals surface area contributed by atoms with E-state index in [4.69, 9.17) is 4.55 Å². The minimum Gasteiger partial charge on any atom is -0.521 e. The van der Waals surface area contributed by atoms with E-state index >= 15 is 0 Å². The third kappa shape index (κ3) is 20.1. The Labute approximate surface area is 113 Å². The first-order chi connectivity index (χ1) is 6.45. The third-order valence-corrected chi connectivity index (χ3v) is 1.53. The molecule has 1 aliphatic rings. The molecule has 0 bridgehead atoms. The Morgan fingerprint density at radius 3 is 1.93 bits per heavy atom. The maximum absolute atomic E-state index is 10.1. The second kappa shape index (κ2) is 11.9. The normalized spacial score (nSPS) is 13.0. The van der Waals surface area contributed by atoms with Gasteiger partial charge < -0.3 is 11.9 Å². The van der Waals surface area contributed by atoms with Crippen molar-refractivity contribution >= 4 is 16.0 Å². The minimum absolute atomic E-state index is 0. The molecular formula is C8H14NNaO4S. The zero-order chi connectivity index (χ0) is 11.6. The molecule has 0 aliphatic carbocycles. The fourth-order valence-corrected chi connectivity index (χ4v) is 0.565. The van der Waals surface area contributed by atoms with Gasteiger partial charge in [0.1, 0.15) is 0 Å². The van der Waals surface area contributed by atoms with Gasteiger partial charge in [0.25, 0.3) is 10.1 Å². The van der Waals surface area contributed by atoms with Crippen LogP contribution in [0.3, 0.4) is 0 Å². The quantitative estimate of drug-likeness (QED) is 0.303. The summed E-state index contributed by atoms with van der Waals surface area (Å²) in [6, 6.07) is 0. The molecule has 82 valence electrons. The van der Waals surface area contributed by atoms with Gasteiger partial charge in [0.2, 0.25) is 5.91 Å². The zero-order valence-electron chi connectivity index (χ0n) is 8.77. The smallest absolute Gasteiger partial charge is 0.521 e. The van der Waals surface area contributed by atoms with Gasteiger partial charge in [-0.2, -0.15) is 8.42 Å². The van der Waals surface area contributed by atoms with Crippen LogP contribution in [0.25, 0.3) is 0 Å². The van der Waals surface area contributed by atoms with Crippen LogP contribution in [-0.4, -0.2) is 25.4 Å². The summed E-state index contributed by atoms with van der Waals surface area (Å²) in [5, 5.41) is 3.15. The monoisotopic (exact) mass is 243 g/mol. The topological polar surface area (TPSA) is 83.5 Å². The summed E-state index contributed by atoms with van der Waals surface area (Å²) in [4.78, 5) is 10.1. The van der Waals surface area contributed by atoms with Crippen LogP contribution >= 0.6 is 0 Å². The van der Waals surface area contributed by atoms with E-state index in [-0.39, 0.29) is 35.5 Å². The van der Waals surface area contributed by atoms with Gasteiger partial charge in [0, 0.05) is 13.0 Å². The second-order valence-corrected chi connectivity index (χ2v) is 3.50. The molecule has 0 aromatic heterocycles. The van der Waals surface area contributed by atoms with Crippen LogP contribution in [0.1, 0.15) is 12.8 Å². The van der Waals surface area contributed by atoms with E-state index in [2.05, 4.69) is 25.1 Å². The van der Waals surface area contributed by atoms with Gasteiger partial charge in [-0.3, -0.25) is 15.9 Å². The van der Waals surface area contributed by atoms with Gasteiger partial charge in [0.05, 0.1) is 5.41 Å². The first-order valence-electron chi connectivity index (χ1n) is 3.73. The molecule has 0 aromatic carbocycles. The van der Waals surface area contributed by atoms with E-state index in [1.165, 1.54) is 0 Å². The molecule has 1 amide bonds. The number of carbonyl (C=O) groups excluding carboxylic acids is 1. The van der Waals surface area contributed by atoms with Crippen LogP contribution in [0.15, 0.2) is 18.6 Å². The van der Waals surface area contributed by atoms with E-state index < -0.39 is 10.1 Å². The van der Waals surface area contributed by atoms with Crippen molar-refractivity contribution in [1.29, 1.82) is 0 Å². The molecule has 0 saturated carbocycles. The van der Waals surface area contributed by atoms with Gasteiger partial charge >= 0.3 is 29.6 Å². The van der Waals surface area contributed by atoms with Crippen molar-refractivity contribution in [2.24, 2.45) is 0 Å². The molecule has 1 saturated heterocycles. The Bertz CT molecular complexity index is 257. The van der Waals surface area contributed by atoms with Gasteiger partial charge in [0.15, 0.2) is 0 Å². The number of rotatable bonds is 1. The molecule has 2 N–H and O–H groups in total. The predicted molar refractivity (Wildman–Crippen MR) is 53.9 cm³/mol. The minimum atomic E-state index is -3.90. The van der Waals surface area contributed by atoms with Gasteiger partial charge in [-0.15, -0.1) is 0 Å². The summed E-state index contributed by atoms with van der Waals surface area (Å²) in [6.45, 7) is 10.7. The Balaban J connectivity index is -0.000000156. The van der Waals surface area contributed by atoms with E-state index in [0.29, 0.717) is 5.41 Å². The summed E-state index contributed by atoms with van der Waals surface area (Å²) in [5.41, 5.74) is 0. The number of hydrogen-bond acceptors (Lipinski definition) is 3. The van der Waals surface area contributed by atoms with E-state index in [1.807, 2.05) is 0 Å². The maximum Gasteiger partial charge on any atom is 1.00 e. The van der Waals surface area contributed by atoms with Crippen molar-refractivity contribution in [3.05, 3.63) is 25.1 Å². The van der Waals surface area contributed by atoms with Crippen LogP contribution in [-0.2, 0) is 14.9 Å². The molecule has 0 radical (unpaired) electrons. The first-order valence-corrected chi connectivity index (χ1v) is 5.23. The number of amides is 1. The molecule has 1 aliphatic heterocycles. The fourth-order valence-electron chi connectivity index (χ4n) is 0.565. The standard InChI is InChI=1S/C4H7NO.C2H4O3S.C2H3.Na/c6-4-2-1-3-5-4;1-2-6(3,4)5;1-2;/h1-3H2,(H,5,6);2H,1H2,(H,3,4,5);1H,2H2;/q;;-1;+1. The second-order valence-electron chi connectivity index (χ2n) is 2.14. The molecule has 1 rings (SSSR count). The van der Waals surface area contributed by atoms with Crippen molar-refractivity contribution in [3.63, 3.8) is 0 Å². The summed E-state index contributed by atoms with van der Waals surface area (Å²) < 4.78 is 26.6. The molecule has 0 spiro atoms. The Hall–Kier alpha value is -0.140. The Morgan fingerprint density at radius 1 is 1.47 bits per heavy atom. The van der Waals surface area contributed by atoms with Crippen molar-refractivity contribution < 1.29 is 47.3 Å². The van der Waals surface area contributed by atoms with Crippen molar-refractivity contribution in [1.82, 2.24) is 5.32 Å². The molecule has 1 fully saturated rings. The van der Waals surface area contributed by atoms with Crippen LogP contribution in [0.4, 0.5) is 0 Å². The maximum atomic E-state index is 10.1. The molecule has 0 unspecified atom stereocenters. The first kappa shape index (κ1) is 20.3. The van der Waals surface area contributed by atoms with Crippen LogP contribution in [0, 0.1) is 6.58 Å². The Morgan fingerprint density at radius 2 is 1.87 bits per heavy atom. The SMILES string of the molecule is C=CS(=O)(=O)O.O=C1CCCN1.[CH-]=C.[Na+]. The zero-order valence-corrected chi connectivity index (χ0v) is 11.6. The van der Waals surface area contributed by atoms with E-state index in [1.54, 1.807) is 0 Å². The predicted octanol–water partition coefficient (Wildman–Crippen LogP) is -2.48. The van der Waals surface area contributed by atoms with Crippen LogP contribution in [0.5, 0.6) is 0 Å². The largest absolute Gasteiger partial charge is 1.00 e. The summed E-state index contributed by atoms with van der Waals surface area (Å²) >= 11 is 0. The van der Waals surface area contributed by atoms with Gasteiger partial charge in [-0.05, 0) is 6.42 Å². The molecule has 0 aromatic rings. The van der Waals surface area contributed by atoms with Crippen molar-refractivity contribution in [3.8, 4) is 0 Å². The fraction of sp³-hybridized carbons (Fsp3) is 0.375. The molecule has 7 heteroatoms. The van der Waals surface area contributed by atoms with Crippen LogP contribution in [0.2, 0.25) is 0 Å². The van der Waals surface area contributed by atoms with Crippen molar-refractivity contribution in [2.45, 2.75) is 12.8 Å². The summed E-state index contributed by atoms with van der Waals surface area (Å²) in [6.07, 6.45) is 1.76. The molecule has 0 atom stereocenters. The number of carbonyl (C=O) groups is 1. The van der Waals surface area contributed by atoms with Gasteiger partial charge in [-0.25, -0.2) is 0 Å². The average Bonchev–Trinajstić information content (AvgIpc) is 2.59. The molecule has 15 heavy (non-hydrogen) atoms. The average molecular weight is 243 g/mol.